The van der Waals surface area contributed by atoms with Crippen molar-refractivity contribution in [2.75, 3.05) is 0 Å². The summed E-state index contributed by atoms with van der Waals surface area (Å²) in [5.74, 6) is 0.880. The Kier molecular flexibility index (Phi) is 1.13. The molecule has 0 unspecified atom stereocenters. The third kappa shape index (κ3) is 0.757. The third-order valence-corrected chi connectivity index (χ3v) is 1.42. The smallest absolute Gasteiger partial charge is 0.152 e. The first-order valence-corrected chi connectivity index (χ1v) is 3.18. The van der Waals surface area contributed by atoms with Gasteiger partial charge in [0.2, 0.25) is 0 Å². The van der Waals surface area contributed by atoms with Crippen molar-refractivity contribution in [3.63, 3.8) is 0 Å². The van der Waals surface area contributed by atoms with Crippen molar-refractivity contribution in [3.05, 3.63) is 30.5 Å². The minimum Gasteiger partial charge on any atom is -0.344 e. The van der Waals surface area contributed by atoms with E-state index in [1.165, 1.54) is 0 Å². The zero-order valence-corrected chi connectivity index (χ0v) is 5.41. The summed E-state index contributed by atoms with van der Waals surface area (Å²) in [5, 5.41) is 0. The van der Waals surface area contributed by atoms with Crippen molar-refractivity contribution in [1.29, 1.82) is 0 Å². The molecular weight excluding hydrogens is 126 g/mol. The molecule has 1 aliphatic rings. The lowest BCUT2D eigenvalue weighted by atomic mass is 10.3. The fraction of sp³-hybridized carbons (Fsp3) is 0.143. The van der Waals surface area contributed by atoms with Gasteiger partial charge in [0.1, 0.15) is 0 Å². The van der Waals surface area contributed by atoms with Gasteiger partial charge in [-0.3, -0.25) is 4.99 Å². The number of nitrogens with one attached hydrogen (secondary N) is 1. The van der Waals surface area contributed by atoms with Gasteiger partial charge in [0.15, 0.2) is 5.82 Å². The molecule has 50 valence electrons. The standard InChI is InChI=1S/C7H7N3/c1-2-6(8-3-1)7-9-4-5-10-7/h1,3-5H,2H2,(H,9,10). The van der Waals surface area contributed by atoms with E-state index in [9.17, 15) is 0 Å². The highest BCUT2D eigenvalue weighted by Gasteiger charge is 2.05. The molecule has 1 aliphatic heterocycles. The molecule has 0 bridgehead atoms. The molecule has 0 saturated carbocycles. The monoisotopic (exact) mass is 133 g/mol. The summed E-state index contributed by atoms with van der Waals surface area (Å²) in [5.41, 5.74) is 1.02. The lowest BCUT2D eigenvalue weighted by Crippen LogP contribution is -1.98. The molecule has 3 heteroatoms. The van der Waals surface area contributed by atoms with Crippen molar-refractivity contribution in [2.24, 2.45) is 4.99 Å². The van der Waals surface area contributed by atoms with Crippen LogP contribution in [0.15, 0.2) is 29.7 Å². The number of aromatic amines is 1. The molecule has 1 aromatic rings. The number of allylic oxidation sites excluding steroid dienone is 1. The van der Waals surface area contributed by atoms with E-state index in [1.807, 2.05) is 6.08 Å². The second kappa shape index (κ2) is 2.10. The fourth-order valence-electron chi connectivity index (χ4n) is 0.941. The molecule has 0 radical (unpaired) electrons. The summed E-state index contributed by atoms with van der Waals surface area (Å²) in [6.07, 6.45) is 8.25. The van der Waals surface area contributed by atoms with Crippen LogP contribution in [-0.4, -0.2) is 15.7 Å². The molecule has 1 aromatic heterocycles. The first-order valence-electron chi connectivity index (χ1n) is 3.18. The van der Waals surface area contributed by atoms with Crippen LogP contribution in [0.1, 0.15) is 12.2 Å². The number of H-pyrrole nitrogens is 1. The number of aromatic nitrogens is 2. The van der Waals surface area contributed by atoms with Gasteiger partial charge < -0.3 is 4.98 Å². The zero-order valence-electron chi connectivity index (χ0n) is 5.41. The average molecular weight is 133 g/mol. The molecule has 0 fully saturated rings. The minimum absolute atomic E-state index is 0.880. The van der Waals surface area contributed by atoms with Crippen LogP contribution < -0.4 is 0 Å². The van der Waals surface area contributed by atoms with Crippen LogP contribution in [-0.2, 0) is 0 Å². The van der Waals surface area contributed by atoms with Gasteiger partial charge in [-0.1, -0.05) is 6.08 Å². The van der Waals surface area contributed by atoms with Crippen molar-refractivity contribution in [2.45, 2.75) is 6.42 Å². The predicted octanol–water partition coefficient (Wildman–Crippen LogP) is 1.12. The van der Waals surface area contributed by atoms with Crippen molar-refractivity contribution in [3.8, 4) is 0 Å². The maximum atomic E-state index is 4.12. The highest BCUT2D eigenvalue weighted by molar-refractivity contribution is 5.99. The summed E-state index contributed by atoms with van der Waals surface area (Å²) in [6.45, 7) is 0. The van der Waals surface area contributed by atoms with E-state index >= 15 is 0 Å². The van der Waals surface area contributed by atoms with E-state index in [2.05, 4.69) is 15.0 Å². The van der Waals surface area contributed by atoms with Crippen LogP contribution >= 0.6 is 0 Å². The fourth-order valence-corrected chi connectivity index (χ4v) is 0.941. The summed E-state index contributed by atoms with van der Waals surface area (Å²) in [6, 6.07) is 0. The van der Waals surface area contributed by atoms with Gasteiger partial charge in [0.05, 0.1) is 5.71 Å². The van der Waals surface area contributed by atoms with Gasteiger partial charge in [0, 0.05) is 25.0 Å². The maximum Gasteiger partial charge on any atom is 0.152 e. The number of aliphatic imine (C=N–C) groups is 1. The number of hydrogen-bond donors (Lipinski definition) is 1. The van der Waals surface area contributed by atoms with Gasteiger partial charge in [-0.2, -0.15) is 0 Å². The van der Waals surface area contributed by atoms with E-state index in [0.29, 0.717) is 0 Å². The number of hydrogen-bond acceptors (Lipinski definition) is 2. The second-order valence-electron chi connectivity index (χ2n) is 2.10. The van der Waals surface area contributed by atoms with E-state index in [-0.39, 0.29) is 0 Å². The van der Waals surface area contributed by atoms with Gasteiger partial charge >= 0.3 is 0 Å². The summed E-state index contributed by atoms with van der Waals surface area (Å²) < 4.78 is 0. The predicted molar refractivity (Wildman–Crippen MR) is 38.9 cm³/mol. The van der Waals surface area contributed by atoms with Crippen LogP contribution in [0.5, 0.6) is 0 Å². The Balaban J connectivity index is 2.30. The van der Waals surface area contributed by atoms with Crippen LogP contribution in [0, 0.1) is 0 Å². The van der Waals surface area contributed by atoms with Gasteiger partial charge in [-0.05, 0) is 0 Å². The Hall–Kier alpha value is -1.38. The van der Waals surface area contributed by atoms with Crippen molar-refractivity contribution >= 4 is 5.71 Å². The molecule has 10 heavy (non-hydrogen) atoms. The van der Waals surface area contributed by atoms with Crippen LogP contribution in [0.4, 0.5) is 0 Å². The second-order valence-corrected chi connectivity index (χ2v) is 2.10. The maximum absolute atomic E-state index is 4.12. The Bertz CT molecular complexity index is 269. The number of rotatable bonds is 1. The largest absolute Gasteiger partial charge is 0.344 e. The number of imidazole rings is 1. The van der Waals surface area contributed by atoms with E-state index < -0.39 is 0 Å². The molecule has 0 aliphatic carbocycles. The normalized spacial score (nSPS) is 15.8. The summed E-state index contributed by atoms with van der Waals surface area (Å²) >= 11 is 0. The molecule has 0 saturated heterocycles. The van der Waals surface area contributed by atoms with Gasteiger partial charge in [0.25, 0.3) is 0 Å². The topological polar surface area (TPSA) is 41.0 Å². The molecular formula is C7H7N3. The van der Waals surface area contributed by atoms with Crippen molar-refractivity contribution in [1.82, 2.24) is 9.97 Å². The Morgan fingerprint density at radius 3 is 3.10 bits per heavy atom. The highest BCUT2D eigenvalue weighted by atomic mass is 14.9. The lowest BCUT2D eigenvalue weighted by molar-refractivity contribution is 1.23. The first kappa shape index (κ1) is 5.41. The molecule has 2 rings (SSSR count). The van der Waals surface area contributed by atoms with Crippen LogP contribution in [0.25, 0.3) is 0 Å². The number of nitrogens with zero attached hydrogens (tertiary/aromatic N) is 2. The van der Waals surface area contributed by atoms with Crippen molar-refractivity contribution < 1.29 is 0 Å². The first-order chi connectivity index (χ1) is 4.97. The Morgan fingerprint density at radius 2 is 2.50 bits per heavy atom. The van der Waals surface area contributed by atoms with Gasteiger partial charge in [-0.15, -0.1) is 0 Å². The van der Waals surface area contributed by atoms with E-state index in [0.717, 1.165) is 18.0 Å². The summed E-state index contributed by atoms with van der Waals surface area (Å²) in [7, 11) is 0. The average Bonchev–Trinajstić information content (AvgIpc) is 2.59. The van der Waals surface area contributed by atoms with Crippen LogP contribution in [0.3, 0.4) is 0 Å². The molecule has 0 atom stereocenters. The van der Waals surface area contributed by atoms with Crippen LogP contribution in [0.2, 0.25) is 0 Å². The third-order valence-electron chi connectivity index (χ3n) is 1.42. The quantitative estimate of drug-likeness (QED) is 0.612. The SMILES string of the molecule is C1=CN=C(c2ncc[nH]2)C1. The molecule has 1 N–H and O–H groups in total. The van der Waals surface area contributed by atoms with E-state index in [1.54, 1.807) is 18.6 Å². The lowest BCUT2D eigenvalue weighted by Gasteiger charge is -1.90. The van der Waals surface area contributed by atoms with Gasteiger partial charge in [-0.25, -0.2) is 4.98 Å². The zero-order chi connectivity index (χ0) is 6.81. The molecule has 0 amide bonds. The Morgan fingerprint density at radius 1 is 1.50 bits per heavy atom. The molecule has 2 heterocycles. The van der Waals surface area contributed by atoms with E-state index in [4.69, 9.17) is 0 Å². The molecule has 3 nitrogen and oxygen atoms in total. The summed E-state index contributed by atoms with van der Waals surface area (Å²) in [4.78, 5) is 11.2. The highest BCUT2D eigenvalue weighted by Crippen LogP contribution is 2.05. The Labute approximate surface area is 58.5 Å². The minimum atomic E-state index is 0.880. The molecule has 0 aromatic carbocycles. The molecule has 0 spiro atoms.